The van der Waals surface area contributed by atoms with Gasteiger partial charge in [-0.15, -0.1) is 0 Å². The van der Waals surface area contributed by atoms with Crippen LogP contribution >= 0.6 is 0 Å². The molecule has 1 aliphatic carbocycles. The zero-order valence-corrected chi connectivity index (χ0v) is 13.2. The molecular formula is C18H19N5O. The smallest absolute Gasteiger partial charge is 0.149 e. The van der Waals surface area contributed by atoms with Gasteiger partial charge in [-0.05, 0) is 24.5 Å². The Bertz CT molecular complexity index is 903. The maximum Gasteiger partial charge on any atom is 0.149 e. The molecule has 1 fully saturated rings. The Labute approximate surface area is 139 Å². The molecule has 1 aromatic carbocycles. The van der Waals surface area contributed by atoms with E-state index >= 15 is 0 Å². The van der Waals surface area contributed by atoms with Gasteiger partial charge in [-0.1, -0.05) is 18.2 Å². The van der Waals surface area contributed by atoms with Gasteiger partial charge in [-0.3, -0.25) is 4.40 Å². The molecule has 3 aromatic rings. The number of nitrogen functional groups attached to an aromatic ring is 1. The lowest BCUT2D eigenvalue weighted by molar-refractivity contribution is 0.0714. The van der Waals surface area contributed by atoms with Crippen LogP contribution in [0.5, 0.6) is 0 Å². The third-order valence-corrected chi connectivity index (χ3v) is 5.22. The van der Waals surface area contributed by atoms with Crippen molar-refractivity contribution in [1.82, 2.24) is 14.4 Å². The minimum absolute atomic E-state index is 0.0997. The van der Waals surface area contributed by atoms with E-state index in [0.717, 1.165) is 42.0 Å². The maximum absolute atomic E-state index is 9.66. The minimum atomic E-state index is -0.209. The number of aromatic nitrogens is 3. The summed E-state index contributed by atoms with van der Waals surface area (Å²) in [5.74, 6) is 1.77. The second kappa shape index (κ2) is 4.95. The quantitative estimate of drug-likeness (QED) is 0.674. The highest BCUT2D eigenvalue weighted by atomic mass is 16.3. The summed E-state index contributed by atoms with van der Waals surface area (Å²) < 4.78 is 2.05. The van der Waals surface area contributed by atoms with E-state index in [4.69, 9.17) is 10.7 Å². The van der Waals surface area contributed by atoms with E-state index in [1.165, 1.54) is 5.56 Å². The second-order valence-electron chi connectivity index (χ2n) is 6.77. The number of para-hydroxylation sites is 1. The molecule has 6 heteroatoms. The fourth-order valence-electron chi connectivity index (χ4n) is 3.91. The number of benzene rings is 1. The van der Waals surface area contributed by atoms with Gasteiger partial charge in [0.1, 0.15) is 17.2 Å². The lowest BCUT2D eigenvalue weighted by atomic mass is 9.82. The van der Waals surface area contributed by atoms with E-state index in [1.54, 1.807) is 6.20 Å². The number of anilines is 2. The third-order valence-electron chi connectivity index (χ3n) is 5.22. The molecule has 1 atom stereocenters. The Morgan fingerprint density at radius 1 is 1.25 bits per heavy atom. The average molecular weight is 321 g/mol. The summed E-state index contributed by atoms with van der Waals surface area (Å²) in [5, 5.41) is 13.2. The van der Waals surface area contributed by atoms with Crippen LogP contribution in [0.15, 0.2) is 36.7 Å². The van der Waals surface area contributed by atoms with Crippen LogP contribution in [0.3, 0.4) is 0 Å². The molecule has 1 saturated carbocycles. The van der Waals surface area contributed by atoms with Crippen molar-refractivity contribution in [2.75, 3.05) is 11.1 Å². The summed E-state index contributed by atoms with van der Waals surface area (Å²) in [7, 11) is 0. The average Bonchev–Trinajstić information content (AvgIpc) is 3.14. The van der Waals surface area contributed by atoms with E-state index < -0.39 is 0 Å². The topological polar surface area (TPSA) is 88.5 Å². The number of nitrogens with one attached hydrogen (secondary N) is 1. The zero-order valence-electron chi connectivity index (χ0n) is 13.2. The van der Waals surface area contributed by atoms with Gasteiger partial charge in [0.15, 0.2) is 0 Å². The highest BCUT2D eigenvalue weighted by Gasteiger charge is 2.35. The summed E-state index contributed by atoms with van der Waals surface area (Å²) in [6.07, 6.45) is 5.84. The number of imidazole rings is 1. The van der Waals surface area contributed by atoms with Crippen LogP contribution in [0, 0.1) is 0 Å². The van der Waals surface area contributed by atoms with Gasteiger partial charge in [-0.25, -0.2) is 9.97 Å². The van der Waals surface area contributed by atoms with Crippen molar-refractivity contribution in [3.05, 3.63) is 53.7 Å². The summed E-state index contributed by atoms with van der Waals surface area (Å²) in [4.78, 5) is 9.20. The van der Waals surface area contributed by atoms with Crippen molar-refractivity contribution in [1.29, 1.82) is 0 Å². The predicted molar refractivity (Wildman–Crippen MR) is 91.9 cm³/mol. The fraction of sp³-hybridized carbons (Fsp3) is 0.333. The molecule has 0 spiro atoms. The van der Waals surface area contributed by atoms with Crippen molar-refractivity contribution in [2.24, 2.45) is 0 Å². The van der Waals surface area contributed by atoms with Gasteiger partial charge < -0.3 is 16.2 Å². The zero-order chi connectivity index (χ0) is 16.3. The molecule has 2 aliphatic rings. The number of aliphatic hydroxyl groups is 1. The van der Waals surface area contributed by atoms with Crippen LogP contribution in [-0.2, 0) is 6.42 Å². The molecule has 1 aliphatic heterocycles. The number of nitrogens with zero attached hydrogens (tertiary/aromatic N) is 3. The van der Waals surface area contributed by atoms with E-state index in [9.17, 15) is 5.11 Å². The van der Waals surface area contributed by atoms with Gasteiger partial charge in [0.25, 0.3) is 0 Å². The van der Waals surface area contributed by atoms with Gasteiger partial charge in [0.05, 0.1) is 17.8 Å². The van der Waals surface area contributed by atoms with E-state index in [1.807, 2.05) is 12.3 Å². The summed E-state index contributed by atoms with van der Waals surface area (Å²) in [5.41, 5.74) is 10.5. The molecule has 2 aromatic heterocycles. The Kier molecular flexibility index (Phi) is 2.84. The van der Waals surface area contributed by atoms with Crippen LogP contribution < -0.4 is 11.1 Å². The summed E-state index contributed by atoms with van der Waals surface area (Å²) in [6, 6.07) is 8.44. The van der Waals surface area contributed by atoms with Gasteiger partial charge >= 0.3 is 0 Å². The van der Waals surface area contributed by atoms with Gasteiger partial charge in [0.2, 0.25) is 0 Å². The van der Waals surface area contributed by atoms with Gasteiger partial charge in [-0.2, -0.15) is 0 Å². The van der Waals surface area contributed by atoms with Crippen LogP contribution in [0.2, 0.25) is 0 Å². The molecule has 0 bridgehead atoms. The first kappa shape index (κ1) is 13.8. The van der Waals surface area contributed by atoms with Crippen LogP contribution in [0.4, 0.5) is 11.5 Å². The normalized spacial score (nSPS) is 25.3. The van der Waals surface area contributed by atoms with E-state index in [-0.39, 0.29) is 18.1 Å². The number of hydrogen-bond acceptors (Lipinski definition) is 5. The molecule has 0 saturated heterocycles. The molecule has 122 valence electrons. The van der Waals surface area contributed by atoms with Crippen molar-refractivity contribution >= 4 is 17.0 Å². The number of fused-ring (bicyclic) bond motifs is 2. The molecule has 0 radical (unpaired) electrons. The Hall–Kier alpha value is -2.60. The van der Waals surface area contributed by atoms with E-state index in [2.05, 4.69) is 32.9 Å². The van der Waals surface area contributed by atoms with Crippen molar-refractivity contribution in [3.63, 3.8) is 0 Å². The standard InChI is InChI=1S/C18H19N5O/c19-17-16-15(14-9-10-3-1-2-4-13(10)21-14)22-18(11-7-12(24)8-11)23(16)6-5-20-17/h1-6,11-12,14,21,24H,7-9H2,(H2,19,20). The first-order chi connectivity index (χ1) is 11.7. The molecular weight excluding hydrogens is 302 g/mol. The first-order valence-corrected chi connectivity index (χ1v) is 8.35. The van der Waals surface area contributed by atoms with Crippen molar-refractivity contribution < 1.29 is 5.11 Å². The van der Waals surface area contributed by atoms with Crippen LogP contribution in [0.1, 0.15) is 41.9 Å². The third kappa shape index (κ3) is 1.93. The van der Waals surface area contributed by atoms with Crippen LogP contribution in [-0.4, -0.2) is 25.6 Å². The Balaban J connectivity index is 1.62. The van der Waals surface area contributed by atoms with Crippen LogP contribution in [0.25, 0.3) is 5.52 Å². The Morgan fingerprint density at radius 3 is 2.88 bits per heavy atom. The number of aliphatic hydroxyl groups excluding tert-OH is 1. The Morgan fingerprint density at radius 2 is 2.08 bits per heavy atom. The van der Waals surface area contributed by atoms with Crippen molar-refractivity contribution in [2.45, 2.75) is 37.3 Å². The predicted octanol–water partition coefficient (Wildman–Crippen LogP) is 2.26. The molecule has 24 heavy (non-hydrogen) atoms. The molecule has 3 heterocycles. The molecule has 4 N–H and O–H groups in total. The molecule has 0 amide bonds. The highest BCUT2D eigenvalue weighted by Crippen LogP contribution is 2.41. The second-order valence-corrected chi connectivity index (χ2v) is 6.77. The lowest BCUT2D eigenvalue weighted by Crippen LogP contribution is -2.28. The SMILES string of the molecule is Nc1nccn2c(C3CC(O)C3)nc(C3Cc4ccccc4N3)c12. The maximum atomic E-state index is 9.66. The van der Waals surface area contributed by atoms with Crippen molar-refractivity contribution in [3.8, 4) is 0 Å². The number of rotatable bonds is 2. The van der Waals surface area contributed by atoms with Gasteiger partial charge in [0, 0.05) is 30.4 Å². The fourth-order valence-corrected chi connectivity index (χ4v) is 3.91. The summed E-state index contributed by atoms with van der Waals surface area (Å²) >= 11 is 0. The summed E-state index contributed by atoms with van der Waals surface area (Å²) in [6.45, 7) is 0. The molecule has 1 unspecified atom stereocenters. The number of hydrogen-bond donors (Lipinski definition) is 3. The monoisotopic (exact) mass is 321 g/mol. The largest absolute Gasteiger partial charge is 0.393 e. The highest BCUT2D eigenvalue weighted by molar-refractivity contribution is 5.72. The first-order valence-electron chi connectivity index (χ1n) is 8.35. The lowest BCUT2D eigenvalue weighted by Gasteiger charge is -2.30. The minimum Gasteiger partial charge on any atom is -0.393 e. The molecule has 5 rings (SSSR count). The molecule has 6 nitrogen and oxygen atoms in total. The van der Waals surface area contributed by atoms with E-state index in [0.29, 0.717) is 5.82 Å². The number of nitrogens with two attached hydrogens (primary N) is 1.